The molecule has 2 heterocycles. The molecule has 4 aromatic rings. The van der Waals surface area contributed by atoms with Gasteiger partial charge in [-0.3, -0.25) is 4.68 Å². The van der Waals surface area contributed by atoms with Crippen LogP contribution in [0.2, 0.25) is 5.02 Å². The first-order valence-corrected chi connectivity index (χ1v) is 9.73. The van der Waals surface area contributed by atoms with Crippen molar-refractivity contribution in [2.75, 3.05) is 17.7 Å². The molecule has 2 aromatic carbocycles. The molecule has 12 heteroatoms. The second kappa shape index (κ2) is 10.4. The molecule has 0 unspecified atom stereocenters. The van der Waals surface area contributed by atoms with E-state index in [2.05, 4.69) is 30.7 Å². The summed E-state index contributed by atoms with van der Waals surface area (Å²) in [6, 6.07) is 12.2. The van der Waals surface area contributed by atoms with Gasteiger partial charge in [0, 0.05) is 24.0 Å². The van der Waals surface area contributed by atoms with Gasteiger partial charge in [0.15, 0.2) is 11.6 Å². The second-order valence-electron chi connectivity index (χ2n) is 6.63. The average molecular weight is 458 g/mol. The molecule has 0 aliphatic heterocycles. The molecule has 0 radical (unpaired) electrons. The van der Waals surface area contributed by atoms with Crippen LogP contribution in [0, 0.1) is 0 Å². The van der Waals surface area contributed by atoms with E-state index in [4.69, 9.17) is 16.3 Å². The number of para-hydroxylation sites is 1. The van der Waals surface area contributed by atoms with Crippen LogP contribution in [0.5, 0.6) is 5.75 Å². The van der Waals surface area contributed by atoms with E-state index in [1.54, 1.807) is 60.5 Å². The predicted molar refractivity (Wildman–Crippen MR) is 117 cm³/mol. The van der Waals surface area contributed by atoms with Crippen LogP contribution in [0.25, 0.3) is 11.4 Å². The van der Waals surface area contributed by atoms with E-state index in [0.29, 0.717) is 33.5 Å². The molecule has 0 saturated heterocycles. The Hall–Kier alpha value is -3.58. The number of rotatable bonds is 7. The maximum absolute atomic E-state index is 11.6. The largest absolute Gasteiger partial charge is 1.00 e. The number of methoxy groups -OCH3 is 1. The maximum atomic E-state index is 11.6. The van der Waals surface area contributed by atoms with E-state index >= 15 is 0 Å². The average Bonchev–Trinajstić information content (AvgIpc) is 3.21. The summed E-state index contributed by atoms with van der Waals surface area (Å²) in [6.07, 6.45) is 2.74. The van der Waals surface area contributed by atoms with Crippen molar-refractivity contribution in [1.29, 1.82) is 0 Å². The molecule has 2 aromatic heterocycles. The van der Waals surface area contributed by atoms with E-state index in [1.807, 2.05) is 0 Å². The van der Waals surface area contributed by atoms with Gasteiger partial charge in [0.1, 0.15) is 12.1 Å². The number of halogens is 1. The first-order valence-electron chi connectivity index (χ1n) is 9.35. The van der Waals surface area contributed by atoms with Gasteiger partial charge in [0.05, 0.1) is 29.9 Å². The number of carbonyl (C=O) groups excluding carboxylic acids is 1. The van der Waals surface area contributed by atoms with Crippen LogP contribution in [0.1, 0.15) is 10.4 Å². The second-order valence-corrected chi connectivity index (χ2v) is 7.06. The maximum Gasteiger partial charge on any atom is 1.00 e. The van der Waals surface area contributed by atoms with Crippen LogP contribution in [0.4, 0.5) is 23.1 Å². The van der Waals surface area contributed by atoms with Gasteiger partial charge in [-0.2, -0.15) is 10.1 Å². The zero-order valence-corrected chi connectivity index (χ0v) is 18.8. The van der Waals surface area contributed by atoms with Crippen molar-refractivity contribution in [3.05, 3.63) is 65.6 Å². The number of nitrogens with one attached hydrogen (secondary N) is 2. The number of carbonyl (C=O) groups is 1. The molecule has 0 atom stereocenters. The molecule has 0 spiro atoms. The fourth-order valence-corrected chi connectivity index (χ4v) is 3.10. The zero-order chi connectivity index (χ0) is 22.7. The molecule has 4 rings (SSSR count). The van der Waals surface area contributed by atoms with Gasteiger partial charge in [0.2, 0.25) is 5.95 Å². The van der Waals surface area contributed by atoms with Crippen LogP contribution < -0.4 is 39.3 Å². The third-order valence-electron chi connectivity index (χ3n) is 4.42. The molecule has 2 N–H and O–H groups in total. The van der Waals surface area contributed by atoms with Crippen molar-refractivity contribution in [2.45, 2.75) is 0 Å². The number of aromatic nitrogens is 5. The van der Waals surface area contributed by atoms with Crippen LogP contribution in [0.3, 0.4) is 0 Å². The molecule has 0 amide bonds. The number of hydrogen-bond donors (Lipinski definition) is 2. The van der Waals surface area contributed by atoms with E-state index in [-0.39, 0.29) is 36.2 Å². The molecule has 0 saturated carbocycles. The van der Waals surface area contributed by atoms with Crippen LogP contribution >= 0.6 is 11.6 Å². The monoisotopic (exact) mass is 457 g/mol. The Balaban J connectivity index is 0.00000306. The van der Waals surface area contributed by atoms with Crippen molar-refractivity contribution in [1.82, 2.24) is 24.7 Å². The molecular weight excluding hydrogens is 441 g/mol. The number of ether oxygens (including phenoxy) is 1. The van der Waals surface area contributed by atoms with Crippen molar-refractivity contribution in [3.8, 4) is 17.1 Å². The summed E-state index contributed by atoms with van der Waals surface area (Å²) in [7, 11) is 3.26. The zero-order valence-electron chi connectivity index (χ0n) is 18.0. The van der Waals surface area contributed by atoms with Gasteiger partial charge < -0.3 is 25.3 Å². The third-order valence-corrected chi connectivity index (χ3v) is 4.67. The first kappa shape index (κ1) is 24.1. The molecule has 0 fully saturated rings. The number of anilines is 4. The Kier molecular flexibility index (Phi) is 7.55. The van der Waals surface area contributed by atoms with Gasteiger partial charge in [-0.25, -0.2) is 9.97 Å². The fourth-order valence-electron chi connectivity index (χ4n) is 2.97. The normalized spacial score (nSPS) is 10.3. The summed E-state index contributed by atoms with van der Waals surface area (Å²) in [5, 5.41) is 22.5. The minimum Gasteiger partial charge on any atom is -0.545 e. The number of aryl methyl sites for hydroxylation is 1. The van der Waals surface area contributed by atoms with E-state index < -0.39 is 5.97 Å². The van der Waals surface area contributed by atoms with E-state index in [0.717, 1.165) is 0 Å². The van der Waals surface area contributed by atoms with Crippen molar-refractivity contribution in [3.63, 3.8) is 0 Å². The van der Waals surface area contributed by atoms with E-state index in [9.17, 15) is 9.90 Å². The van der Waals surface area contributed by atoms with Crippen LogP contribution in [-0.2, 0) is 7.05 Å². The predicted octanol–water partition coefficient (Wildman–Crippen LogP) is -0.211. The number of hydrogen-bond acceptors (Lipinski definition) is 9. The number of carboxylic acids is 1. The Bertz CT molecular complexity index is 1280. The summed E-state index contributed by atoms with van der Waals surface area (Å²) in [6.45, 7) is 0. The summed E-state index contributed by atoms with van der Waals surface area (Å²) >= 11 is 5.91. The minimum absolute atomic E-state index is 0. The topological polar surface area (TPSA) is 130 Å². The Labute approximate surface area is 206 Å². The van der Waals surface area contributed by atoms with Gasteiger partial charge in [-0.15, -0.1) is 0 Å². The number of carboxylic acid groups (broad SMARTS) is 1. The van der Waals surface area contributed by atoms with Crippen molar-refractivity contribution < 1.29 is 33.5 Å². The molecule has 162 valence electrons. The smallest absolute Gasteiger partial charge is 0.545 e. The van der Waals surface area contributed by atoms with Crippen molar-refractivity contribution >= 4 is 40.7 Å². The molecule has 33 heavy (non-hydrogen) atoms. The number of benzene rings is 2. The SMILES string of the molecule is COc1c(Nc2nc(Nc3ccc(Cl)cc3)ncc2C(=O)[O-])cccc1-c1ncn(C)n1.[Li+]. The molecular formula is C21H17ClLiN7O3. The number of nitrogens with zero attached hydrogens (tertiary/aromatic N) is 5. The van der Waals surface area contributed by atoms with Gasteiger partial charge >= 0.3 is 18.9 Å². The standard InChI is InChI=1S/C21H18ClN7O3.Li/c1-29-11-24-18(28-29)14-4-3-5-16(17(14)32-2)26-19-15(20(30)31)10-23-21(27-19)25-13-8-6-12(22)7-9-13;/h3-11H,1-2H3,(H,30,31)(H2,23,25,26,27);/q;+1/p-1. The quantitative estimate of drug-likeness (QED) is 0.362. The Morgan fingerprint density at radius 2 is 1.88 bits per heavy atom. The number of aromatic carboxylic acids is 1. The summed E-state index contributed by atoms with van der Waals surface area (Å²) in [5.74, 6) is -0.330. The summed E-state index contributed by atoms with van der Waals surface area (Å²) in [4.78, 5) is 24.3. The minimum atomic E-state index is -1.42. The van der Waals surface area contributed by atoms with Gasteiger partial charge in [-0.05, 0) is 36.4 Å². The first-order chi connectivity index (χ1) is 15.4. The van der Waals surface area contributed by atoms with Crippen LogP contribution in [-0.4, -0.2) is 37.8 Å². The van der Waals surface area contributed by atoms with Gasteiger partial charge in [0.25, 0.3) is 0 Å². The molecule has 0 aliphatic rings. The van der Waals surface area contributed by atoms with Crippen LogP contribution in [0.15, 0.2) is 55.0 Å². The third kappa shape index (κ3) is 5.43. The molecule has 10 nitrogen and oxygen atoms in total. The molecule has 0 aliphatic carbocycles. The Morgan fingerprint density at radius 3 is 2.52 bits per heavy atom. The van der Waals surface area contributed by atoms with Crippen molar-refractivity contribution in [2.24, 2.45) is 7.05 Å². The molecule has 0 bridgehead atoms. The summed E-state index contributed by atoms with van der Waals surface area (Å²) < 4.78 is 7.14. The van der Waals surface area contributed by atoms with Gasteiger partial charge in [-0.1, -0.05) is 17.7 Å². The van der Waals surface area contributed by atoms with E-state index in [1.165, 1.54) is 13.3 Å². The Morgan fingerprint density at radius 1 is 1.12 bits per heavy atom. The fraction of sp³-hybridized carbons (Fsp3) is 0.0952. The summed E-state index contributed by atoms with van der Waals surface area (Å²) in [5.41, 5.74) is 1.56.